The van der Waals surface area contributed by atoms with E-state index in [0.29, 0.717) is 37.2 Å². The lowest BCUT2D eigenvalue weighted by Crippen LogP contribution is -2.50. The van der Waals surface area contributed by atoms with Gasteiger partial charge in [-0.25, -0.2) is 9.59 Å². The zero-order valence-electron chi connectivity index (χ0n) is 21.5. The summed E-state index contributed by atoms with van der Waals surface area (Å²) in [6.45, 7) is 4.21. The summed E-state index contributed by atoms with van der Waals surface area (Å²) in [5, 5.41) is 9.76. The summed E-state index contributed by atoms with van der Waals surface area (Å²) in [6, 6.07) is 7.81. The van der Waals surface area contributed by atoms with Crippen molar-refractivity contribution in [2.75, 3.05) is 60.2 Å². The van der Waals surface area contributed by atoms with Gasteiger partial charge in [-0.15, -0.1) is 0 Å². The largest absolute Gasteiger partial charge is 0.453 e. The van der Waals surface area contributed by atoms with Crippen LogP contribution in [0, 0.1) is 11.8 Å². The molecule has 4 atom stereocenters. The van der Waals surface area contributed by atoms with Gasteiger partial charge in [0, 0.05) is 56.4 Å². The Hall–Kier alpha value is -2.07. The molecule has 2 saturated heterocycles. The molecule has 9 nitrogen and oxygen atoms in total. The molecule has 0 radical (unpaired) electrons. The fourth-order valence-corrected chi connectivity index (χ4v) is 5.26. The lowest BCUT2D eigenvalue weighted by Gasteiger charge is -2.37. The molecular weight excluding hydrogens is 484 g/mol. The number of piperidine rings is 1. The number of halogens is 1. The summed E-state index contributed by atoms with van der Waals surface area (Å²) in [4.78, 5) is 26.3. The Morgan fingerprint density at radius 1 is 1.25 bits per heavy atom. The van der Waals surface area contributed by atoms with Gasteiger partial charge in [-0.1, -0.05) is 23.7 Å². The number of likely N-dealkylation sites (tertiary alicyclic amines) is 1. The zero-order valence-corrected chi connectivity index (χ0v) is 22.2. The van der Waals surface area contributed by atoms with Gasteiger partial charge < -0.3 is 35.1 Å². The normalized spacial score (nSPS) is 21.9. The maximum absolute atomic E-state index is 13.1. The summed E-state index contributed by atoms with van der Waals surface area (Å²) >= 11 is 6.27. The van der Waals surface area contributed by atoms with E-state index in [1.807, 2.05) is 36.2 Å². The first-order chi connectivity index (χ1) is 17.5. The van der Waals surface area contributed by atoms with E-state index in [-0.39, 0.29) is 24.1 Å². The number of benzene rings is 1. The Balaban J connectivity index is 1.56. The van der Waals surface area contributed by atoms with E-state index in [1.54, 1.807) is 0 Å². The molecule has 3 rings (SSSR count). The third kappa shape index (κ3) is 9.10. The van der Waals surface area contributed by atoms with Gasteiger partial charge >= 0.3 is 12.1 Å². The monoisotopic (exact) mass is 524 g/mol. The van der Waals surface area contributed by atoms with Crippen LogP contribution in [-0.2, 0) is 14.2 Å². The highest BCUT2D eigenvalue weighted by Gasteiger charge is 2.31. The third-order valence-electron chi connectivity index (χ3n) is 6.99. The van der Waals surface area contributed by atoms with Crippen LogP contribution in [0.15, 0.2) is 24.3 Å². The first-order valence-electron chi connectivity index (χ1n) is 13.0. The van der Waals surface area contributed by atoms with Crippen LogP contribution in [0.1, 0.15) is 43.8 Å². The molecule has 36 heavy (non-hydrogen) atoms. The Labute approximate surface area is 219 Å². The quantitative estimate of drug-likeness (QED) is 0.382. The number of nitrogens with one attached hydrogen (secondary N) is 3. The van der Waals surface area contributed by atoms with E-state index in [1.165, 1.54) is 13.5 Å². The third-order valence-corrected chi connectivity index (χ3v) is 7.22. The molecule has 1 aromatic rings. The number of ether oxygens (including phenoxy) is 3. The van der Waals surface area contributed by atoms with E-state index in [9.17, 15) is 9.59 Å². The highest BCUT2D eigenvalue weighted by atomic mass is 35.5. The van der Waals surface area contributed by atoms with Crippen LogP contribution in [0.5, 0.6) is 0 Å². The highest BCUT2D eigenvalue weighted by molar-refractivity contribution is 6.30. The van der Waals surface area contributed by atoms with Crippen LogP contribution in [0.4, 0.5) is 9.59 Å². The predicted molar refractivity (Wildman–Crippen MR) is 139 cm³/mol. The van der Waals surface area contributed by atoms with Gasteiger partial charge in [-0.2, -0.15) is 0 Å². The van der Waals surface area contributed by atoms with Crippen LogP contribution < -0.4 is 16.0 Å². The number of carbonyl (C=O) groups excluding carboxylic acids is 2. The van der Waals surface area contributed by atoms with Crippen LogP contribution >= 0.6 is 11.6 Å². The average Bonchev–Trinajstić information content (AvgIpc) is 2.91. The lowest BCUT2D eigenvalue weighted by atomic mass is 9.88. The second kappa shape index (κ2) is 15.2. The number of hydrogen-bond acceptors (Lipinski definition) is 6. The molecular formula is C26H41ClN4O5. The summed E-state index contributed by atoms with van der Waals surface area (Å²) < 4.78 is 16.5. The topological polar surface area (TPSA) is 101 Å². The number of urea groups is 1. The van der Waals surface area contributed by atoms with Crippen LogP contribution in [0.25, 0.3) is 0 Å². The second-order valence-corrected chi connectivity index (χ2v) is 10.0. The number of alkyl carbamates (subject to hydrolysis) is 1. The van der Waals surface area contributed by atoms with Crippen molar-refractivity contribution < 1.29 is 23.8 Å². The van der Waals surface area contributed by atoms with Gasteiger partial charge in [-0.05, 0) is 62.8 Å². The summed E-state index contributed by atoms with van der Waals surface area (Å²) in [5.41, 5.74) is 0.970. The maximum Gasteiger partial charge on any atom is 0.406 e. The van der Waals surface area contributed by atoms with Crippen molar-refractivity contribution in [3.05, 3.63) is 34.9 Å². The van der Waals surface area contributed by atoms with Crippen molar-refractivity contribution in [3.8, 4) is 0 Å². The molecule has 0 aliphatic carbocycles. The minimum atomic E-state index is -0.491. The highest BCUT2D eigenvalue weighted by Crippen LogP contribution is 2.34. The minimum Gasteiger partial charge on any atom is -0.453 e. The van der Waals surface area contributed by atoms with E-state index >= 15 is 0 Å². The fourth-order valence-electron chi connectivity index (χ4n) is 5.06. The van der Waals surface area contributed by atoms with Gasteiger partial charge in [0.1, 0.15) is 0 Å². The number of rotatable bonds is 11. The molecule has 0 saturated carbocycles. The van der Waals surface area contributed by atoms with E-state index in [4.69, 9.17) is 21.1 Å². The SMILES string of the molecule is CN[C@H](CNC(=O)N1CCC[C@H]([C@@H](OCCNC(=O)OC)c2cccc(Cl)c2)C1)C[C@@H]1CCCOC1. The van der Waals surface area contributed by atoms with Gasteiger partial charge in [-0.3, -0.25) is 0 Å². The van der Waals surface area contributed by atoms with Gasteiger partial charge in [0.25, 0.3) is 0 Å². The number of carbonyl (C=O) groups is 2. The number of nitrogens with zero attached hydrogens (tertiary/aromatic N) is 1. The molecule has 0 bridgehead atoms. The molecule has 3 N–H and O–H groups in total. The lowest BCUT2D eigenvalue weighted by molar-refractivity contribution is -0.00851. The summed E-state index contributed by atoms with van der Waals surface area (Å²) in [7, 11) is 3.27. The molecule has 0 spiro atoms. The van der Waals surface area contributed by atoms with E-state index in [0.717, 1.165) is 51.0 Å². The summed E-state index contributed by atoms with van der Waals surface area (Å²) in [5.74, 6) is 0.650. The van der Waals surface area contributed by atoms with Gasteiger partial charge in [0.05, 0.1) is 19.8 Å². The predicted octanol–water partition coefficient (Wildman–Crippen LogP) is 3.58. The number of amides is 3. The Morgan fingerprint density at radius 3 is 2.83 bits per heavy atom. The molecule has 2 heterocycles. The number of methoxy groups -OCH3 is 1. The smallest absolute Gasteiger partial charge is 0.406 e. The molecule has 2 aliphatic rings. The molecule has 3 amide bonds. The molecule has 10 heteroatoms. The first-order valence-corrected chi connectivity index (χ1v) is 13.3. The Morgan fingerprint density at radius 2 is 2.11 bits per heavy atom. The fraction of sp³-hybridized carbons (Fsp3) is 0.692. The molecule has 0 unspecified atom stereocenters. The van der Waals surface area contributed by atoms with E-state index < -0.39 is 6.09 Å². The molecule has 2 fully saturated rings. The molecule has 202 valence electrons. The number of hydrogen-bond donors (Lipinski definition) is 3. The summed E-state index contributed by atoms with van der Waals surface area (Å²) in [6.07, 6.45) is 4.38. The maximum atomic E-state index is 13.1. The standard InChI is InChI=1S/C26H41ClN4O5/c1-28-23(14-19-6-5-12-35-18-19)16-30-25(32)31-11-4-8-21(17-31)24(20-7-3-9-22(27)15-20)36-13-10-29-26(33)34-2/h3,7,9,15,19,21,23-24,28H,4-6,8,10-14,16-18H2,1-2H3,(H,29,33)(H,30,32)/t19-,21-,23-,24-/m0/s1. The molecule has 0 aromatic heterocycles. The van der Waals surface area contributed by atoms with Crippen molar-refractivity contribution in [2.24, 2.45) is 11.8 Å². The van der Waals surface area contributed by atoms with Gasteiger partial charge in [0.2, 0.25) is 0 Å². The van der Waals surface area contributed by atoms with Crippen molar-refractivity contribution in [2.45, 2.75) is 44.2 Å². The Kier molecular flexibility index (Phi) is 12.1. The first kappa shape index (κ1) is 28.5. The molecule has 2 aliphatic heterocycles. The van der Waals surface area contributed by atoms with Crippen LogP contribution in [0.3, 0.4) is 0 Å². The molecule has 1 aromatic carbocycles. The van der Waals surface area contributed by atoms with Gasteiger partial charge in [0.15, 0.2) is 0 Å². The van der Waals surface area contributed by atoms with Crippen molar-refractivity contribution in [1.29, 1.82) is 0 Å². The van der Waals surface area contributed by atoms with Crippen LogP contribution in [0.2, 0.25) is 5.02 Å². The average molecular weight is 525 g/mol. The van der Waals surface area contributed by atoms with Crippen molar-refractivity contribution in [3.63, 3.8) is 0 Å². The number of likely N-dealkylation sites (N-methyl/N-ethyl adjacent to an activating group) is 1. The minimum absolute atomic E-state index is 0.0444. The Bertz CT molecular complexity index is 823. The van der Waals surface area contributed by atoms with Crippen LogP contribution in [-0.4, -0.2) is 83.2 Å². The second-order valence-electron chi connectivity index (χ2n) is 9.60. The van der Waals surface area contributed by atoms with Crippen molar-refractivity contribution in [1.82, 2.24) is 20.9 Å². The van der Waals surface area contributed by atoms with E-state index in [2.05, 4.69) is 20.7 Å². The van der Waals surface area contributed by atoms with Crippen molar-refractivity contribution >= 4 is 23.7 Å². The zero-order chi connectivity index (χ0) is 25.8.